The topological polar surface area (TPSA) is 17.8 Å². The number of hydrogen-bond acceptors (Lipinski definition) is 1. The van der Waals surface area contributed by atoms with Crippen molar-refractivity contribution < 1.29 is 0 Å². The van der Waals surface area contributed by atoms with E-state index in [9.17, 15) is 0 Å². The highest BCUT2D eigenvalue weighted by molar-refractivity contribution is 4.99. The Hall–Kier alpha value is -0.790. The van der Waals surface area contributed by atoms with Crippen molar-refractivity contribution in [3.05, 3.63) is 18.0 Å². The molecule has 0 unspecified atom stereocenters. The van der Waals surface area contributed by atoms with Crippen molar-refractivity contribution in [2.45, 2.75) is 26.8 Å². The normalized spacial score (nSPS) is 10.7. The molecule has 0 aliphatic carbocycles. The Balaban J connectivity index is 2.85. The Morgan fingerprint density at radius 2 is 2.22 bits per heavy atom. The fourth-order valence-electron chi connectivity index (χ4n) is 0.715. The van der Waals surface area contributed by atoms with Gasteiger partial charge in [0, 0.05) is 12.2 Å². The van der Waals surface area contributed by atoms with Crippen LogP contribution < -0.4 is 0 Å². The van der Waals surface area contributed by atoms with Crippen LogP contribution >= 0.6 is 0 Å². The lowest BCUT2D eigenvalue weighted by Gasteiger charge is -2.02. The summed E-state index contributed by atoms with van der Waals surface area (Å²) in [7, 11) is 0. The third kappa shape index (κ3) is 1.31. The van der Waals surface area contributed by atoms with E-state index in [0.29, 0.717) is 6.04 Å². The third-order valence-corrected chi connectivity index (χ3v) is 1.26. The minimum atomic E-state index is 0.485. The largest absolute Gasteiger partial charge is 0.270 e. The van der Waals surface area contributed by atoms with Gasteiger partial charge in [0.05, 0.1) is 6.20 Å². The van der Waals surface area contributed by atoms with Crippen LogP contribution in [0.15, 0.2) is 12.4 Å². The maximum absolute atomic E-state index is 4.13. The van der Waals surface area contributed by atoms with E-state index in [4.69, 9.17) is 0 Å². The minimum Gasteiger partial charge on any atom is -0.270 e. The molecule has 1 heterocycles. The zero-order valence-electron chi connectivity index (χ0n) is 6.13. The van der Waals surface area contributed by atoms with Crippen molar-refractivity contribution in [3.63, 3.8) is 0 Å². The molecule has 0 atom stereocenters. The molecule has 1 aromatic heterocycles. The van der Waals surface area contributed by atoms with Crippen molar-refractivity contribution in [1.29, 1.82) is 0 Å². The molecule has 0 aliphatic rings. The molecule has 9 heavy (non-hydrogen) atoms. The van der Waals surface area contributed by atoms with E-state index in [1.807, 2.05) is 24.0 Å². The van der Waals surface area contributed by atoms with E-state index in [1.165, 1.54) is 5.56 Å². The second-order valence-electron chi connectivity index (χ2n) is 2.59. The number of nitrogens with zero attached hydrogens (tertiary/aromatic N) is 2. The third-order valence-electron chi connectivity index (χ3n) is 1.26. The average molecular weight is 124 g/mol. The molecule has 0 fully saturated rings. The molecule has 2 heteroatoms. The Morgan fingerprint density at radius 1 is 1.56 bits per heavy atom. The molecule has 1 rings (SSSR count). The summed E-state index contributed by atoms with van der Waals surface area (Å²) in [5.74, 6) is 0. The van der Waals surface area contributed by atoms with Crippen LogP contribution in [0.2, 0.25) is 0 Å². The Kier molecular flexibility index (Phi) is 1.56. The summed E-state index contributed by atoms with van der Waals surface area (Å²) in [6.07, 6.45) is 3.92. The molecule has 2 nitrogen and oxygen atoms in total. The highest BCUT2D eigenvalue weighted by atomic mass is 15.3. The fourth-order valence-corrected chi connectivity index (χ4v) is 0.715. The Morgan fingerprint density at radius 3 is 2.44 bits per heavy atom. The van der Waals surface area contributed by atoms with Crippen LogP contribution in [0.5, 0.6) is 0 Å². The molecular weight excluding hydrogens is 112 g/mol. The van der Waals surface area contributed by atoms with Gasteiger partial charge in [0.1, 0.15) is 0 Å². The summed E-state index contributed by atoms with van der Waals surface area (Å²) in [5.41, 5.74) is 1.23. The van der Waals surface area contributed by atoms with Crippen LogP contribution in [0.4, 0.5) is 0 Å². The summed E-state index contributed by atoms with van der Waals surface area (Å²) in [6.45, 7) is 6.28. The van der Waals surface area contributed by atoms with E-state index in [-0.39, 0.29) is 0 Å². The smallest absolute Gasteiger partial charge is 0.0519 e. The van der Waals surface area contributed by atoms with Gasteiger partial charge in [-0.2, -0.15) is 5.10 Å². The molecule has 0 saturated heterocycles. The van der Waals surface area contributed by atoms with Crippen molar-refractivity contribution in [2.75, 3.05) is 0 Å². The fraction of sp³-hybridized carbons (Fsp3) is 0.571. The number of hydrogen-bond donors (Lipinski definition) is 0. The van der Waals surface area contributed by atoms with Crippen molar-refractivity contribution in [1.82, 2.24) is 9.78 Å². The van der Waals surface area contributed by atoms with Crippen molar-refractivity contribution in [2.24, 2.45) is 0 Å². The van der Waals surface area contributed by atoms with Crippen LogP contribution in [-0.2, 0) is 0 Å². The molecule has 0 aliphatic heterocycles. The van der Waals surface area contributed by atoms with Gasteiger partial charge in [-0.05, 0) is 26.3 Å². The van der Waals surface area contributed by atoms with Gasteiger partial charge in [-0.15, -0.1) is 0 Å². The first kappa shape index (κ1) is 6.33. The summed E-state index contributed by atoms with van der Waals surface area (Å²) >= 11 is 0. The van der Waals surface area contributed by atoms with Gasteiger partial charge in [-0.1, -0.05) is 0 Å². The van der Waals surface area contributed by atoms with Gasteiger partial charge in [0.15, 0.2) is 0 Å². The molecule has 0 aromatic carbocycles. The molecular formula is C7H12N2. The second-order valence-corrected chi connectivity index (χ2v) is 2.59. The lowest BCUT2D eigenvalue weighted by molar-refractivity contribution is 0.532. The van der Waals surface area contributed by atoms with Crippen LogP contribution in [0.3, 0.4) is 0 Å². The van der Waals surface area contributed by atoms with Crippen LogP contribution in [0.25, 0.3) is 0 Å². The maximum atomic E-state index is 4.13. The first-order chi connectivity index (χ1) is 4.20. The molecule has 1 aromatic rings. The van der Waals surface area contributed by atoms with Crippen LogP contribution in [-0.4, -0.2) is 9.78 Å². The monoisotopic (exact) mass is 124 g/mol. The Labute approximate surface area is 55.5 Å². The summed E-state index contributed by atoms with van der Waals surface area (Å²) in [4.78, 5) is 0. The average Bonchev–Trinajstić information content (AvgIpc) is 2.14. The van der Waals surface area contributed by atoms with E-state index < -0.39 is 0 Å². The highest BCUT2D eigenvalue weighted by Gasteiger charge is 1.95. The number of rotatable bonds is 1. The predicted molar refractivity (Wildman–Crippen MR) is 37.3 cm³/mol. The van der Waals surface area contributed by atoms with E-state index in [2.05, 4.69) is 18.9 Å². The predicted octanol–water partition coefficient (Wildman–Crippen LogP) is 1.77. The van der Waals surface area contributed by atoms with E-state index in [1.54, 1.807) is 0 Å². The van der Waals surface area contributed by atoms with Crippen LogP contribution in [0, 0.1) is 6.92 Å². The lowest BCUT2D eigenvalue weighted by atomic mass is 10.4. The maximum Gasteiger partial charge on any atom is 0.0519 e. The van der Waals surface area contributed by atoms with Gasteiger partial charge < -0.3 is 0 Å². The molecule has 0 spiro atoms. The zero-order valence-corrected chi connectivity index (χ0v) is 6.13. The highest BCUT2D eigenvalue weighted by Crippen LogP contribution is 2.02. The number of aromatic nitrogens is 2. The quantitative estimate of drug-likeness (QED) is 0.558. The second kappa shape index (κ2) is 2.21. The first-order valence-corrected chi connectivity index (χ1v) is 3.21. The lowest BCUT2D eigenvalue weighted by Crippen LogP contribution is -1.99. The minimum absolute atomic E-state index is 0.485. The SMILES string of the molecule is Cc1cnn(C(C)C)c1. The van der Waals surface area contributed by atoms with Gasteiger partial charge in [0.2, 0.25) is 0 Å². The van der Waals surface area contributed by atoms with E-state index in [0.717, 1.165) is 0 Å². The summed E-state index contributed by atoms with van der Waals surface area (Å²) in [5, 5.41) is 4.13. The molecule has 0 radical (unpaired) electrons. The van der Waals surface area contributed by atoms with Gasteiger partial charge in [-0.25, -0.2) is 0 Å². The molecule has 0 N–H and O–H groups in total. The zero-order chi connectivity index (χ0) is 6.85. The molecule has 50 valence electrons. The van der Waals surface area contributed by atoms with Crippen LogP contribution in [0.1, 0.15) is 25.5 Å². The summed E-state index contributed by atoms with van der Waals surface area (Å²) < 4.78 is 1.95. The standard InChI is InChI=1S/C7H12N2/c1-6(2)9-5-7(3)4-8-9/h4-6H,1-3H3. The van der Waals surface area contributed by atoms with Crippen molar-refractivity contribution in [3.8, 4) is 0 Å². The summed E-state index contributed by atoms with van der Waals surface area (Å²) in [6, 6.07) is 0.485. The van der Waals surface area contributed by atoms with E-state index >= 15 is 0 Å². The first-order valence-electron chi connectivity index (χ1n) is 3.21. The Bertz CT molecular complexity index is 189. The van der Waals surface area contributed by atoms with Gasteiger partial charge in [0.25, 0.3) is 0 Å². The van der Waals surface area contributed by atoms with Gasteiger partial charge in [-0.3, -0.25) is 4.68 Å². The molecule has 0 saturated carbocycles. The molecule has 0 amide bonds. The molecule has 0 bridgehead atoms. The van der Waals surface area contributed by atoms with Gasteiger partial charge >= 0.3 is 0 Å². The van der Waals surface area contributed by atoms with Crippen molar-refractivity contribution >= 4 is 0 Å². The number of aryl methyl sites for hydroxylation is 1.